The number of aliphatic imine (C=N–C) groups is 1. The van der Waals surface area contributed by atoms with Crippen LogP contribution in [0, 0.1) is 0 Å². The van der Waals surface area contributed by atoms with Gasteiger partial charge in [0, 0.05) is 51.5 Å². The van der Waals surface area contributed by atoms with Crippen LogP contribution in [0.1, 0.15) is 32.6 Å². The average Bonchev–Trinajstić information content (AvgIpc) is 2.66. The van der Waals surface area contributed by atoms with Crippen molar-refractivity contribution in [3.63, 3.8) is 0 Å². The van der Waals surface area contributed by atoms with Gasteiger partial charge in [-0.2, -0.15) is 0 Å². The average molecular weight is 517 g/mol. The Balaban J connectivity index is 0.00000364. The minimum absolute atomic E-state index is 0. The van der Waals surface area contributed by atoms with Crippen LogP contribution in [0.2, 0.25) is 0 Å². The van der Waals surface area contributed by atoms with Gasteiger partial charge in [0.1, 0.15) is 0 Å². The minimum atomic E-state index is -3.08. The van der Waals surface area contributed by atoms with Crippen molar-refractivity contribution in [1.82, 2.24) is 19.8 Å². The molecule has 2 aliphatic heterocycles. The van der Waals surface area contributed by atoms with Crippen LogP contribution in [-0.2, 0) is 14.8 Å². The molecule has 8 nitrogen and oxygen atoms in total. The standard InChI is InChI=1S/C17H35N5O3S.HI/c1-5-26(23,24)22-10-6-15(7-11-22)20-16(18-2)19-14-17(21(3)4)8-12-25-13-9-17;/h15H,5-14H2,1-4H3,(H2,18,19,20);1H. The van der Waals surface area contributed by atoms with E-state index in [4.69, 9.17) is 4.74 Å². The third kappa shape index (κ3) is 6.69. The lowest BCUT2D eigenvalue weighted by molar-refractivity contribution is -0.00504. The van der Waals surface area contributed by atoms with Crippen molar-refractivity contribution in [3.05, 3.63) is 0 Å². The Kier molecular flexibility index (Phi) is 10.2. The number of hydrogen-bond acceptors (Lipinski definition) is 5. The van der Waals surface area contributed by atoms with E-state index in [-0.39, 0.29) is 41.3 Å². The predicted molar refractivity (Wildman–Crippen MR) is 120 cm³/mol. The van der Waals surface area contributed by atoms with Crippen molar-refractivity contribution in [2.45, 2.75) is 44.2 Å². The largest absolute Gasteiger partial charge is 0.381 e. The predicted octanol–water partition coefficient (Wildman–Crippen LogP) is 0.694. The fourth-order valence-corrected chi connectivity index (χ4v) is 4.76. The van der Waals surface area contributed by atoms with E-state index in [1.54, 1.807) is 18.3 Å². The first-order valence-electron chi connectivity index (χ1n) is 9.53. The minimum Gasteiger partial charge on any atom is -0.381 e. The number of rotatable bonds is 6. The van der Waals surface area contributed by atoms with Crippen LogP contribution in [0.4, 0.5) is 0 Å². The maximum Gasteiger partial charge on any atom is 0.213 e. The Bertz CT molecular complexity index is 571. The molecule has 0 atom stereocenters. The number of nitrogens with zero attached hydrogens (tertiary/aromatic N) is 3. The molecule has 0 unspecified atom stereocenters. The molecular weight excluding hydrogens is 481 g/mol. The second-order valence-corrected chi connectivity index (χ2v) is 9.63. The summed E-state index contributed by atoms with van der Waals surface area (Å²) in [5, 5.41) is 6.93. The van der Waals surface area contributed by atoms with E-state index in [1.165, 1.54) is 0 Å². The molecule has 0 saturated carbocycles. The second kappa shape index (κ2) is 11.1. The summed E-state index contributed by atoms with van der Waals surface area (Å²) in [6.45, 7) is 5.23. The first-order valence-corrected chi connectivity index (χ1v) is 11.1. The lowest BCUT2D eigenvalue weighted by Gasteiger charge is -2.43. The molecule has 2 fully saturated rings. The van der Waals surface area contributed by atoms with E-state index in [0.29, 0.717) is 13.1 Å². The highest BCUT2D eigenvalue weighted by Crippen LogP contribution is 2.25. The molecule has 2 aliphatic rings. The van der Waals surface area contributed by atoms with E-state index < -0.39 is 10.0 Å². The third-order valence-electron chi connectivity index (χ3n) is 5.73. The molecule has 0 aromatic carbocycles. The number of sulfonamides is 1. The molecule has 0 aliphatic carbocycles. The monoisotopic (exact) mass is 517 g/mol. The zero-order valence-corrected chi connectivity index (χ0v) is 20.2. The molecule has 2 rings (SSSR count). The molecule has 0 bridgehead atoms. The van der Waals surface area contributed by atoms with Crippen LogP contribution in [0.25, 0.3) is 0 Å². The molecule has 2 saturated heterocycles. The number of nitrogens with one attached hydrogen (secondary N) is 2. The third-order valence-corrected chi connectivity index (χ3v) is 7.62. The van der Waals surface area contributed by atoms with E-state index in [1.807, 2.05) is 0 Å². The van der Waals surface area contributed by atoms with Crippen LogP contribution in [-0.4, -0.2) is 94.9 Å². The number of halogens is 1. The molecule has 0 radical (unpaired) electrons. The highest BCUT2D eigenvalue weighted by atomic mass is 127. The van der Waals surface area contributed by atoms with Gasteiger partial charge in [-0.1, -0.05) is 0 Å². The van der Waals surface area contributed by atoms with Crippen LogP contribution in [0.15, 0.2) is 4.99 Å². The fraction of sp³-hybridized carbons (Fsp3) is 0.941. The van der Waals surface area contributed by atoms with E-state index in [2.05, 4.69) is 34.6 Å². The highest BCUT2D eigenvalue weighted by molar-refractivity contribution is 14.0. The summed E-state index contributed by atoms with van der Waals surface area (Å²) in [6.07, 6.45) is 3.59. The van der Waals surface area contributed by atoms with Gasteiger partial charge in [-0.15, -0.1) is 24.0 Å². The molecule has 27 heavy (non-hydrogen) atoms. The Morgan fingerprint density at radius 3 is 2.33 bits per heavy atom. The lowest BCUT2D eigenvalue weighted by Crippen LogP contribution is -2.58. The van der Waals surface area contributed by atoms with Gasteiger partial charge in [0.25, 0.3) is 0 Å². The van der Waals surface area contributed by atoms with Crippen LogP contribution < -0.4 is 10.6 Å². The number of piperidine rings is 1. The van der Waals surface area contributed by atoms with Crippen LogP contribution >= 0.6 is 24.0 Å². The Hall–Kier alpha value is -0.170. The van der Waals surface area contributed by atoms with Crippen molar-refractivity contribution in [2.75, 3.05) is 59.7 Å². The number of likely N-dealkylation sites (N-methyl/N-ethyl adjacent to an activating group) is 1. The van der Waals surface area contributed by atoms with Gasteiger partial charge < -0.3 is 20.3 Å². The molecule has 2 heterocycles. The summed E-state index contributed by atoms with van der Waals surface area (Å²) in [6, 6.07) is 0.245. The zero-order valence-electron chi connectivity index (χ0n) is 17.0. The summed E-state index contributed by atoms with van der Waals surface area (Å²) >= 11 is 0. The maximum atomic E-state index is 12.0. The van der Waals surface area contributed by atoms with Crippen molar-refractivity contribution < 1.29 is 13.2 Å². The van der Waals surface area contributed by atoms with Crippen molar-refractivity contribution in [1.29, 1.82) is 0 Å². The van der Waals surface area contributed by atoms with Gasteiger partial charge in [0.2, 0.25) is 10.0 Å². The van der Waals surface area contributed by atoms with Crippen molar-refractivity contribution >= 4 is 40.0 Å². The molecule has 0 spiro atoms. The Morgan fingerprint density at radius 1 is 1.26 bits per heavy atom. The Labute approximate surface area is 181 Å². The van der Waals surface area contributed by atoms with Gasteiger partial charge in [-0.25, -0.2) is 12.7 Å². The number of hydrogen-bond donors (Lipinski definition) is 2. The molecule has 2 N–H and O–H groups in total. The van der Waals surface area contributed by atoms with E-state index in [9.17, 15) is 8.42 Å². The topological polar surface area (TPSA) is 86.3 Å². The molecular formula is C17H36IN5O3S. The summed E-state index contributed by atoms with van der Waals surface area (Å²) in [4.78, 5) is 6.64. The first kappa shape index (κ1) is 24.9. The summed E-state index contributed by atoms with van der Waals surface area (Å²) in [7, 11) is 2.93. The maximum absolute atomic E-state index is 12.0. The van der Waals surface area contributed by atoms with Crippen LogP contribution in [0.3, 0.4) is 0 Å². The van der Waals surface area contributed by atoms with Crippen LogP contribution in [0.5, 0.6) is 0 Å². The van der Waals surface area contributed by atoms with Gasteiger partial charge in [0.05, 0.1) is 5.75 Å². The molecule has 0 aromatic heterocycles. The van der Waals surface area contributed by atoms with E-state index >= 15 is 0 Å². The first-order chi connectivity index (χ1) is 12.3. The summed E-state index contributed by atoms with van der Waals surface area (Å²) in [5.41, 5.74) is 0.0778. The van der Waals surface area contributed by atoms with Gasteiger partial charge >= 0.3 is 0 Å². The van der Waals surface area contributed by atoms with Gasteiger partial charge in [0.15, 0.2) is 5.96 Å². The van der Waals surface area contributed by atoms with Crippen molar-refractivity contribution in [3.8, 4) is 0 Å². The lowest BCUT2D eigenvalue weighted by atomic mass is 9.88. The fourth-order valence-electron chi connectivity index (χ4n) is 3.63. The quantitative estimate of drug-likeness (QED) is 0.307. The number of ether oxygens (including phenoxy) is 1. The normalized spacial score (nSPS) is 22.3. The van der Waals surface area contributed by atoms with Crippen molar-refractivity contribution in [2.24, 2.45) is 4.99 Å². The molecule has 160 valence electrons. The smallest absolute Gasteiger partial charge is 0.213 e. The van der Waals surface area contributed by atoms with Gasteiger partial charge in [-0.05, 0) is 46.7 Å². The van der Waals surface area contributed by atoms with E-state index in [0.717, 1.165) is 51.4 Å². The highest BCUT2D eigenvalue weighted by Gasteiger charge is 2.35. The van der Waals surface area contributed by atoms with Gasteiger partial charge in [-0.3, -0.25) is 4.99 Å². The second-order valence-electron chi connectivity index (χ2n) is 7.38. The number of guanidine groups is 1. The summed E-state index contributed by atoms with van der Waals surface area (Å²) < 4.78 is 31.1. The Morgan fingerprint density at radius 2 is 1.85 bits per heavy atom. The molecule has 0 amide bonds. The molecule has 0 aromatic rings. The summed E-state index contributed by atoms with van der Waals surface area (Å²) in [5.74, 6) is 0.958. The molecule has 10 heteroatoms. The zero-order chi connectivity index (χ0) is 19.2. The SMILES string of the molecule is CCS(=O)(=O)N1CCC(NC(=NC)NCC2(N(C)C)CCOCC2)CC1.I.